The zero-order valence-electron chi connectivity index (χ0n) is 11.8. The molecule has 1 atom stereocenters. The first-order valence-electron chi connectivity index (χ1n) is 7.17. The molecule has 6 heteroatoms. The maximum atomic E-state index is 8.76. The lowest BCUT2D eigenvalue weighted by molar-refractivity contribution is 0.206. The fourth-order valence-corrected chi connectivity index (χ4v) is 2.61. The van der Waals surface area contributed by atoms with Crippen LogP contribution in [0.5, 0.6) is 0 Å². The molecule has 1 unspecified atom stereocenters. The van der Waals surface area contributed by atoms with Crippen LogP contribution in [0.4, 0.5) is 0 Å². The van der Waals surface area contributed by atoms with Gasteiger partial charge >= 0.3 is 0 Å². The van der Waals surface area contributed by atoms with E-state index in [1.807, 2.05) is 6.20 Å². The average molecular weight is 267 g/mol. The molecule has 1 fully saturated rings. The van der Waals surface area contributed by atoms with Crippen LogP contribution in [0.3, 0.4) is 0 Å². The molecule has 108 valence electrons. The smallest absolute Gasteiger partial charge is 0.0964 e. The maximum absolute atomic E-state index is 8.76. The third-order valence-electron chi connectivity index (χ3n) is 3.59. The molecule has 0 aromatic carbocycles. The minimum atomic E-state index is 0.197. The van der Waals surface area contributed by atoms with Crippen LogP contribution in [0, 0.1) is 5.92 Å². The summed E-state index contributed by atoms with van der Waals surface area (Å²) in [5.41, 5.74) is 0.974. The summed E-state index contributed by atoms with van der Waals surface area (Å²) in [5, 5.41) is 20.4. The zero-order chi connectivity index (χ0) is 13.5. The molecule has 6 nitrogen and oxygen atoms in total. The highest BCUT2D eigenvalue weighted by Crippen LogP contribution is 2.13. The summed E-state index contributed by atoms with van der Waals surface area (Å²) >= 11 is 0. The van der Waals surface area contributed by atoms with E-state index in [1.165, 1.54) is 25.9 Å². The molecule has 1 aliphatic heterocycles. The molecule has 1 saturated heterocycles. The van der Waals surface area contributed by atoms with Gasteiger partial charge in [0.05, 0.1) is 5.69 Å². The van der Waals surface area contributed by atoms with Crippen molar-refractivity contribution < 1.29 is 5.11 Å². The highest BCUT2D eigenvalue weighted by atomic mass is 16.3. The number of aliphatic hydroxyl groups excluding tert-OH is 1. The highest BCUT2D eigenvalue weighted by Gasteiger charge is 2.16. The maximum Gasteiger partial charge on any atom is 0.0964 e. The monoisotopic (exact) mass is 267 g/mol. The molecule has 0 aliphatic carbocycles. The standard InChI is InChI=1S/C13H25N5O/c1-17-5-2-4-12(10-17)8-14-9-13-11-18(16-15-13)6-3-7-19/h11-12,14,19H,2-10H2,1H3. The number of nitrogens with one attached hydrogen (secondary N) is 1. The van der Waals surface area contributed by atoms with E-state index in [0.717, 1.165) is 37.7 Å². The van der Waals surface area contributed by atoms with Gasteiger partial charge in [-0.1, -0.05) is 5.21 Å². The van der Waals surface area contributed by atoms with E-state index in [9.17, 15) is 0 Å². The first kappa shape index (κ1) is 14.4. The molecule has 1 aromatic heterocycles. The molecule has 1 aromatic rings. The number of nitrogens with zero attached hydrogens (tertiary/aromatic N) is 4. The van der Waals surface area contributed by atoms with Crippen molar-refractivity contribution in [3.05, 3.63) is 11.9 Å². The van der Waals surface area contributed by atoms with Gasteiger partial charge in [-0.2, -0.15) is 0 Å². The molecular formula is C13H25N5O. The topological polar surface area (TPSA) is 66.2 Å². The summed E-state index contributed by atoms with van der Waals surface area (Å²) in [5.74, 6) is 0.753. The fraction of sp³-hybridized carbons (Fsp3) is 0.846. The Hall–Kier alpha value is -0.980. The molecule has 2 heterocycles. The minimum Gasteiger partial charge on any atom is -0.396 e. The van der Waals surface area contributed by atoms with Crippen molar-refractivity contribution in [1.29, 1.82) is 0 Å². The third-order valence-corrected chi connectivity index (χ3v) is 3.59. The first-order chi connectivity index (χ1) is 9.28. The molecule has 19 heavy (non-hydrogen) atoms. The van der Waals surface area contributed by atoms with E-state index in [4.69, 9.17) is 5.11 Å². The first-order valence-corrected chi connectivity index (χ1v) is 7.17. The van der Waals surface area contributed by atoms with Gasteiger partial charge in [0.25, 0.3) is 0 Å². The number of hydrogen-bond donors (Lipinski definition) is 2. The minimum absolute atomic E-state index is 0.197. The van der Waals surface area contributed by atoms with Crippen molar-refractivity contribution in [3.8, 4) is 0 Å². The van der Waals surface area contributed by atoms with Gasteiger partial charge in [0.2, 0.25) is 0 Å². The molecule has 2 rings (SSSR count). The lowest BCUT2D eigenvalue weighted by atomic mass is 9.98. The van der Waals surface area contributed by atoms with Gasteiger partial charge < -0.3 is 15.3 Å². The molecule has 0 radical (unpaired) electrons. The summed E-state index contributed by atoms with van der Waals surface area (Å²) in [6.07, 6.45) is 5.31. The Morgan fingerprint density at radius 3 is 3.21 bits per heavy atom. The number of aryl methyl sites for hydroxylation is 1. The van der Waals surface area contributed by atoms with Gasteiger partial charge in [0.1, 0.15) is 0 Å². The van der Waals surface area contributed by atoms with Crippen LogP contribution in [0.2, 0.25) is 0 Å². The van der Waals surface area contributed by atoms with Crippen LogP contribution < -0.4 is 5.32 Å². The predicted molar refractivity (Wildman–Crippen MR) is 73.7 cm³/mol. The van der Waals surface area contributed by atoms with Crippen molar-refractivity contribution >= 4 is 0 Å². The Morgan fingerprint density at radius 2 is 2.42 bits per heavy atom. The van der Waals surface area contributed by atoms with Crippen LogP contribution in [-0.2, 0) is 13.1 Å². The third kappa shape index (κ3) is 4.89. The van der Waals surface area contributed by atoms with E-state index in [0.29, 0.717) is 0 Å². The van der Waals surface area contributed by atoms with Crippen molar-refractivity contribution in [2.45, 2.75) is 32.4 Å². The number of aliphatic hydroxyl groups is 1. The van der Waals surface area contributed by atoms with Crippen molar-refractivity contribution in [2.75, 3.05) is 33.3 Å². The average Bonchev–Trinajstić information content (AvgIpc) is 2.84. The second-order valence-electron chi connectivity index (χ2n) is 5.45. The fourth-order valence-electron chi connectivity index (χ4n) is 2.61. The van der Waals surface area contributed by atoms with Crippen LogP contribution in [0.25, 0.3) is 0 Å². The highest BCUT2D eigenvalue weighted by molar-refractivity contribution is 4.91. The SMILES string of the molecule is CN1CCCC(CNCc2cn(CCCO)nn2)C1. The van der Waals surface area contributed by atoms with Crippen molar-refractivity contribution in [2.24, 2.45) is 5.92 Å². The van der Waals surface area contributed by atoms with Gasteiger partial charge in [-0.05, 0) is 45.3 Å². The summed E-state index contributed by atoms with van der Waals surface area (Å²) in [6.45, 7) is 5.18. The molecule has 0 saturated carbocycles. The van der Waals surface area contributed by atoms with Crippen molar-refractivity contribution in [3.63, 3.8) is 0 Å². The quantitative estimate of drug-likeness (QED) is 0.733. The second-order valence-corrected chi connectivity index (χ2v) is 5.45. The van der Waals surface area contributed by atoms with Gasteiger partial charge in [0.15, 0.2) is 0 Å². The van der Waals surface area contributed by atoms with E-state index < -0.39 is 0 Å². The summed E-state index contributed by atoms with van der Waals surface area (Å²) in [4.78, 5) is 2.40. The Bertz CT molecular complexity index is 368. The van der Waals surface area contributed by atoms with Crippen LogP contribution in [0.1, 0.15) is 25.0 Å². The molecule has 0 bridgehead atoms. The molecular weight excluding hydrogens is 242 g/mol. The zero-order valence-corrected chi connectivity index (χ0v) is 11.8. The van der Waals surface area contributed by atoms with Crippen LogP contribution in [0.15, 0.2) is 6.20 Å². The van der Waals surface area contributed by atoms with Gasteiger partial charge in [0, 0.05) is 32.4 Å². The summed E-state index contributed by atoms with van der Waals surface area (Å²) in [6, 6.07) is 0. The summed E-state index contributed by atoms with van der Waals surface area (Å²) < 4.78 is 1.79. The van der Waals surface area contributed by atoms with E-state index in [1.54, 1.807) is 4.68 Å². The van der Waals surface area contributed by atoms with Crippen molar-refractivity contribution in [1.82, 2.24) is 25.2 Å². The lowest BCUT2D eigenvalue weighted by Gasteiger charge is -2.29. The Balaban J connectivity index is 1.66. The van der Waals surface area contributed by atoms with Gasteiger partial charge in [-0.25, -0.2) is 0 Å². The Kier molecular flexibility index (Phi) is 5.75. The largest absolute Gasteiger partial charge is 0.396 e. The number of aromatic nitrogens is 3. The molecule has 2 N–H and O–H groups in total. The molecule has 0 spiro atoms. The number of rotatable bonds is 7. The van der Waals surface area contributed by atoms with Gasteiger partial charge in [-0.15, -0.1) is 5.10 Å². The predicted octanol–water partition coefficient (Wildman–Crippen LogP) is 0.0919. The number of likely N-dealkylation sites (tertiary alicyclic amines) is 1. The molecule has 1 aliphatic rings. The Morgan fingerprint density at radius 1 is 1.53 bits per heavy atom. The summed E-state index contributed by atoms with van der Waals surface area (Å²) in [7, 11) is 2.19. The van der Waals surface area contributed by atoms with E-state index >= 15 is 0 Å². The normalized spacial score (nSPS) is 20.8. The van der Waals surface area contributed by atoms with E-state index in [-0.39, 0.29) is 6.61 Å². The number of hydrogen-bond acceptors (Lipinski definition) is 5. The lowest BCUT2D eigenvalue weighted by Crippen LogP contribution is -2.37. The molecule has 0 amide bonds. The van der Waals surface area contributed by atoms with Crippen LogP contribution in [-0.4, -0.2) is 58.3 Å². The van der Waals surface area contributed by atoms with Crippen LogP contribution >= 0.6 is 0 Å². The number of piperidine rings is 1. The van der Waals surface area contributed by atoms with E-state index in [2.05, 4.69) is 27.6 Å². The second kappa shape index (κ2) is 7.57. The van der Waals surface area contributed by atoms with Gasteiger partial charge in [-0.3, -0.25) is 4.68 Å². The Labute approximate surface area is 114 Å².